The van der Waals surface area contributed by atoms with Gasteiger partial charge in [0.1, 0.15) is 24.7 Å². The van der Waals surface area contributed by atoms with Gasteiger partial charge in [0.2, 0.25) is 0 Å². The lowest BCUT2D eigenvalue weighted by molar-refractivity contribution is 0.0693. The Labute approximate surface area is 193 Å². The van der Waals surface area contributed by atoms with Crippen molar-refractivity contribution in [1.82, 2.24) is 4.98 Å². The van der Waals surface area contributed by atoms with Gasteiger partial charge in [0.15, 0.2) is 0 Å². The molecule has 4 rings (SSSR count). The number of aryl methyl sites for hydroxylation is 2. The second-order valence-corrected chi connectivity index (χ2v) is 7.87. The van der Waals surface area contributed by atoms with Crippen molar-refractivity contribution in [3.63, 3.8) is 0 Å². The fraction of sp³-hybridized carbons (Fsp3) is 0.143. The molecule has 0 spiro atoms. The van der Waals surface area contributed by atoms with Crippen LogP contribution in [0.25, 0.3) is 11.3 Å². The highest BCUT2D eigenvalue weighted by Gasteiger charge is 2.16. The summed E-state index contributed by atoms with van der Waals surface area (Å²) in [6.07, 6.45) is 0. The summed E-state index contributed by atoms with van der Waals surface area (Å²) in [5.41, 5.74) is 5.15. The van der Waals surface area contributed by atoms with Gasteiger partial charge in [-0.1, -0.05) is 59.7 Å². The molecule has 0 fully saturated rings. The highest BCUT2D eigenvalue weighted by molar-refractivity contribution is 5.89. The molecule has 0 radical (unpaired) electrons. The topological polar surface area (TPSA) is 68.7 Å². The number of nitrogens with zero attached hydrogens (tertiary/aromatic N) is 1. The molecule has 4 aromatic rings. The smallest absolute Gasteiger partial charge is 0.337 e. The Morgan fingerprint density at radius 2 is 1.55 bits per heavy atom. The lowest BCUT2D eigenvalue weighted by atomic mass is 10.0. The van der Waals surface area contributed by atoms with Crippen LogP contribution >= 0.6 is 0 Å². The van der Waals surface area contributed by atoms with E-state index in [1.807, 2.05) is 86.6 Å². The predicted molar refractivity (Wildman–Crippen MR) is 128 cm³/mol. The quantitative estimate of drug-likeness (QED) is 0.353. The molecule has 0 aliphatic rings. The number of carbonyl (C=O) groups is 1. The first-order valence-electron chi connectivity index (χ1n) is 10.7. The Hall–Kier alpha value is -4.12. The number of carboxylic acid groups (broad SMARTS) is 1. The Morgan fingerprint density at radius 1 is 0.818 bits per heavy atom. The molecule has 5 nitrogen and oxygen atoms in total. The van der Waals surface area contributed by atoms with Crippen molar-refractivity contribution in [2.24, 2.45) is 0 Å². The molecule has 0 saturated carbocycles. The zero-order valence-corrected chi connectivity index (χ0v) is 18.6. The molecule has 166 valence electrons. The number of pyridine rings is 1. The first kappa shape index (κ1) is 22.1. The van der Waals surface area contributed by atoms with E-state index in [0.29, 0.717) is 29.5 Å². The van der Waals surface area contributed by atoms with Crippen LogP contribution in [0.15, 0.2) is 84.9 Å². The summed E-state index contributed by atoms with van der Waals surface area (Å²) >= 11 is 0. The van der Waals surface area contributed by atoms with Gasteiger partial charge in [-0.05, 0) is 55.8 Å². The highest BCUT2D eigenvalue weighted by Crippen LogP contribution is 2.31. The molecule has 33 heavy (non-hydrogen) atoms. The van der Waals surface area contributed by atoms with Crippen LogP contribution in [0.3, 0.4) is 0 Å². The number of ether oxygens (including phenoxy) is 2. The minimum absolute atomic E-state index is 0.0462. The minimum Gasteiger partial charge on any atom is -0.488 e. The predicted octanol–water partition coefficient (Wildman–Crippen LogP) is 6.22. The number of hydrogen-bond donors (Lipinski definition) is 1. The zero-order valence-electron chi connectivity index (χ0n) is 18.6. The zero-order chi connectivity index (χ0) is 23.2. The average molecular weight is 440 g/mol. The summed E-state index contributed by atoms with van der Waals surface area (Å²) in [6.45, 7) is 4.46. The number of aromatic nitrogens is 1. The van der Waals surface area contributed by atoms with E-state index in [1.54, 1.807) is 12.1 Å². The van der Waals surface area contributed by atoms with E-state index in [4.69, 9.17) is 9.47 Å². The summed E-state index contributed by atoms with van der Waals surface area (Å²) in [5.74, 6) is 0.304. The van der Waals surface area contributed by atoms with E-state index < -0.39 is 5.97 Å². The normalized spacial score (nSPS) is 10.6. The van der Waals surface area contributed by atoms with E-state index in [9.17, 15) is 9.90 Å². The summed E-state index contributed by atoms with van der Waals surface area (Å²) in [5, 5.41) is 9.65. The van der Waals surface area contributed by atoms with Crippen molar-refractivity contribution in [2.75, 3.05) is 0 Å². The molecular formula is C28H25NO4. The molecule has 0 bridgehead atoms. The number of carboxylic acids is 1. The standard InChI is InChI=1S/C28H25NO4/c1-19-8-11-22(12-9-19)32-18-26-23(28(30)31)13-14-25(29-26)24-16-20(2)10-15-27(24)33-17-21-6-4-3-5-7-21/h3-16H,17-18H2,1-2H3,(H,30,31). The van der Waals surface area contributed by atoms with E-state index in [2.05, 4.69) is 4.98 Å². The summed E-state index contributed by atoms with van der Waals surface area (Å²) in [6, 6.07) is 26.7. The maximum atomic E-state index is 11.8. The average Bonchev–Trinajstić information content (AvgIpc) is 2.83. The monoisotopic (exact) mass is 439 g/mol. The molecule has 0 aliphatic heterocycles. The SMILES string of the molecule is Cc1ccc(OCc2nc(-c3cc(C)ccc3OCc3ccccc3)ccc2C(=O)O)cc1. The Morgan fingerprint density at radius 3 is 2.27 bits per heavy atom. The first-order chi connectivity index (χ1) is 16.0. The van der Waals surface area contributed by atoms with E-state index in [0.717, 1.165) is 22.3 Å². The number of benzene rings is 3. The number of rotatable bonds is 8. The van der Waals surface area contributed by atoms with Crippen LogP contribution in [-0.2, 0) is 13.2 Å². The fourth-order valence-corrected chi connectivity index (χ4v) is 3.45. The van der Waals surface area contributed by atoms with Crippen molar-refractivity contribution in [2.45, 2.75) is 27.1 Å². The summed E-state index contributed by atoms with van der Waals surface area (Å²) < 4.78 is 11.9. The van der Waals surface area contributed by atoms with Gasteiger partial charge in [-0.25, -0.2) is 9.78 Å². The van der Waals surface area contributed by atoms with Crippen molar-refractivity contribution < 1.29 is 19.4 Å². The molecule has 0 saturated heterocycles. The van der Waals surface area contributed by atoms with Gasteiger partial charge < -0.3 is 14.6 Å². The van der Waals surface area contributed by atoms with Gasteiger partial charge in [-0.3, -0.25) is 0 Å². The minimum atomic E-state index is -1.04. The van der Waals surface area contributed by atoms with E-state index in [1.165, 1.54) is 0 Å². The Balaban J connectivity index is 1.64. The molecule has 0 aliphatic carbocycles. The summed E-state index contributed by atoms with van der Waals surface area (Å²) in [4.78, 5) is 16.5. The van der Waals surface area contributed by atoms with Crippen LogP contribution in [0.2, 0.25) is 0 Å². The number of hydrogen-bond acceptors (Lipinski definition) is 4. The molecule has 3 aromatic carbocycles. The Kier molecular flexibility index (Phi) is 6.69. The third-order valence-corrected chi connectivity index (χ3v) is 5.25. The highest BCUT2D eigenvalue weighted by atomic mass is 16.5. The van der Waals surface area contributed by atoms with Crippen LogP contribution in [0.5, 0.6) is 11.5 Å². The van der Waals surface area contributed by atoms with Gasteiger partial charge in [-0.2, -0.15) is 0 Å². The van der Waals surface area contributed by atoms with Crippen LogP contribution in [-0.4, -0.2) is 16.1 Å². The van der Waals surface area contributed by atoms with Crippen molar-refractivity contribution in [3.8, 4) is 22.8 Å². The fourth-order valence-electron chi connectivity index (χ4n) is 3.45. The van der Waals surface area contributed by atoms with Gasteiger partial charge >= 0.3 is 5.97 Å². The second-order valence-electron chi connectivity index (χ2n) is 7.87. The molecule has 0 unspecified atom stereocenters. The lowest BCUT2D eigenvalue weighted by Crippen LogP contribution is -2.09. The molecule has 1 N–H and O–H groups in total. The molecule has 0 atom stereocenters. The van der Waals surface area contributed by atoms with Gasteiger partial charge in [0, 0.05) is 5.56 Å². The largest absolute Gasteiger partial charge is 0.488 e. The Bertz CT molecular complexity index is 1250. The molecule has 1 heterocycles. The van der Waals surface area contributed by atoms with Crippen LogP contribution in [0.1, 0.15) is 32.7 Å². The summed E-state index contributed by atoms with van der Waals surface area (Å²) in [7, 11) is 0. The number of aromatic carboxylic acids is 1. The van der Waals surface area contributed by atoms with Crippen LogP contribution in [0, 0.1) is 13.8 Å². The van der Waals surface area contributed by atoms with E-state index in [-0.39, 0.29) is 12.2 Å². The lowest BCUT2D eigenvalue weighted by Gasteiger charge is -2.14. The first-order valence-corrected chi connectivity index (χ1v) is 10.7. The van der Waals surface area contributed by atoms with Gasteiger partial charge in [0.25, 0.3) is 0 Å². The molecule has 5 heteroatoms. The van der Waals surface area contributed by atoms with Gasteiger partial charge in [0.05, 0.1) is 17.0 Å². The molecular weight excluding hydrogens is 414 g/mol. The van der Waals surface area contributed by atoms with Crippen LogP contribution in [0.4, 0.5) is 0 Å². The van der Waals surface area contributed by atoms with Crippen LogP contribution < -0.4 is 9.47 Å². The molecule has 1 aromatic heterocycles. The van der Waals surface area contributed by atoms with Gasteiger partial charge in [-0.15, -0.1) is 0 Å². The van der Waals surface area contributed by atoms with Crippen molar-refractivity contribution in [1.29, 1.82) is 0 Å². The molecule has 0 amide bonds. The third kappa shape index (κ3) is 5.57. The third-order valence-electron chi connectivity index (χ3n) is 5.25. The maximum Gasteiger partial charge on any atom is 0.337 e. The second kappa shape index (κ2) is 10.0. The maximum absolute atomic E-state index is 11.8. The van der Waals surface area contributed by atoms with Crippen molar-refractivity contribution in [3.05, 3.63) is 113 Å². The van der Waals surface area contributed by atoms with E-state index >= 15 is 0 Å². The van der Waals surface area contributed by atoms with Crippen molar-refractivity contribution >= 4 is 5.97 Å².